The highest BCUT2D eigenvalue weighted by Gasteiger charge is 2.27. The molecule has 3 rings (SSSR count). The SMILES string of the molecule is Cc1ccc(S(=O)(=O)N(CCc2ccsc2)c2cc(C)cnc2Br)cc1. The summed E-state index contributed by atoms with van der Waals surface area (Å²) in [7, 11) is -3.70. The summed E-state index contributed by atoms with van der Waals surface area (Å²) in [6, 6.07) is 10.8. The first kappa shape index (κ1) is 19.1. The highest BCUT2D eigenvalue weighted by molar-refractivity contribution is 9.10. The van der Waals surface area contributed by atoms with E-state index in [0.717, 1.165) is 16.7 Å². The first-order valence-electron chi connectivity index (χ1n) is 8.10. The number of sulfonamides is 1. The van der Waals surface area contributed by atoms with E-state index in [-0.39, 0.29) is 4.90 Å². The van der Waals surface area contributed by atoms with Crippen LogP contribution in [0.4, 0.5) is 5.69 Å². The lowest BCUT2D eigenvalue weighted by Gasteiger charge is -2.25. The fourth-order valence-electron chi connectivity index (χ4n) is 2.59. The Hall–Kier alpha value is -1.70. The van der Waals surface area contributed by atoms with Gasteiger partial charge in [0.15, 0.2) is 0 Å². The number of nitrogens with zero attached hydrogens (tertiary/aromatic N) is 2. The standard InChI is InChI=1S/C19H19BrN2O2S2/c1-14-3-5-17(6-4-14)26(23,24)22(9-7-16-8-10-25-13-16)18-11-15(2)12-21-19(18)20/h3-6,8,10-13H,7,9H2,1-2H3. The van der Waals surface area contributed by atoms with Gasteiger partial charge >= 0.3 is 0 Å². The van der Waals surface area contributed by atoms with Crippen LogP contribution in [0.1, 0.15) is 16.7 Å². The average Bonchev–Trinajstić information content (AvgIpc) is 3.12. The van der Waals surface area contributed by atoms with Crippen LogP contribution in [-0.4, -0.2) is 19.9 Å². The molecule has 0 spiro atoms. The van der Waals surface area contributed by atoms with E-state index in [1.54, 1.807) is 29.7 Å². The second kappa shape index (κ2) is 7.90. The topological polar surface area (TPSA) is 50.3 Å². The largest absolute Gasteiger partial charge is 0.264 e. The van der Waals surface area contributed by atoms with Gasteiger partial charge in [-0.05, 0) is 82.4 Å². The van der Waals surface area contributed by atoms with E-state index >= 15 is 0 Å². The number of aryl methyl sites for hydroxylation is 2. The molecule has 2 aromatic heterocycles. The van der Waals surface area contributed by atoms with Crippen LogP contribution >= 0.6 is 27.3 Å². The molecule has 0 aliphatic carbocycles. The van der Waals surface area contributed by atoms with E-state index in [0.29, 0.717) is 23.3 Å². The highest BCUT2D eigenvalue weighted by atomic mass is 79.9. The first-order valence-corrected chi connectivity index (χ1v) is 11.3. The summed E-state index contributed by atoms with van der Waals surface area (Å²) in [6.07, 6.45) is 2.35. The van der Waals surface area contributed by atoms with Gasteiger partial charge in [0.2, 0.25) is 0 Å². The Morgan fingerprint density at radius 2 is 1.85 bits per heavy atom. The molecule has 0 N–H and O–H groups in total. The molecule has 3 aromatic rings. The number of pyridine rings is 1. The van der Waals surface area contributed by atoms with Gasteiger partial charge in [0.25, 0.3) is 10.0 Å². The van der Waals surface area contributed by atoms with Crippen LogP contribution in [0.5, 0.6) is 0 Å². The van der Waals surface area contributed by atoms with Crippen LogP contribution in [0.2, 0.25) is 0 Å². The van der Waals surface area contributed by atoms with Crippen molar-refractivity contribution in [3.05, 3.63) is 74.6 Å². The molecule has 0 aliphatic heterocycles. The maximum Gasteiger partial charge on any atom is 0.264 e. The van der Waals surface area contributed by atoms with Gasteiger partial charge < -0.3 is 0 Å². The number of thiophene rings is 1. The van der Waals surface area contributed by atoms with Gasteiger partial charge in [0, 0.05) is 12.7 Å². The molecule has 0 aliphatic rings. The van der Waals surface area contributed by atoms with E-state index in [4.69, 9.17) is 0 Å². The van der Waals surface area contributed by atoms with Crippen molar-refractivity contribution in [1.82, 2.24) is 4.98 Å². The Kier molecular flexibility index (Phi) is 5.79. The van der Waals surface area contributed by atoms with Crippen LogP contribution in [0, 0.1) is 13.8 Å². The molecular weight excluding hydrogens is 432 g/mol. The Labute approximate surface area is 166 Å². The van der Waals surface area contributed by atoms with Gasteiger partial charge in [0.1, 0.15) is 4.60 Å². The Bertz CT molecular complexity index is 985. The van der Waals surface area contributed by atoms with Crippen molar-refractivity contribution in [2.75, 3.05) is 10.8 Å². The minimum atomic E-state index is -3.70. The summed E-state index contributed by atoms with van der Waals surface area (Å²) >= 11 is 5.02. The lowest BCUT2D eigenvalue weighted by molar-refractivity contribution is 0.590. The second-order valence-electron chi connectivity index (χ2n) is 6.09. The monoisotopic (exact) mass is 450 g/mol. The molecule has 0 amide bonds. The van der Waals surface area contributed by atoms with Crippen LogP contribution < -0.4 is 4.31 Å². The first-order chi connectivity index (χ1) is 12.4. The Balaban J connectivity index is 2.04. The van der Waals surface area contributed by atoms with Crippen molar-refractivity contribution in [2.24, 2.45) is 0 Å². The number of hydrogen-bond acceptors (Lipinski definition) is 4. The lowest BCUT2D eigenvalue weighted by atomic mass is 10.2. The fraction of sp³-hybridized carbons (Fsp3) is 0.211. The number of halogens is 1. The number of aromatic nitrogens is 1. The van der Waals surface area contributed by atoms with E-state index in [2.05, 4.69) is 20.9 Å². The number of anilines is 1. The third-order valence-corrected chi connectivity index (χ3v) is 7.19. The normalized spacial score (nSPS) is 11.5. The highest BCUT2D eigenvalue weighted by Crippen LogP contribution is 2.30. The van der Waals surface area contributed by atoms with Gasteiger partial charge in [-0.25, -0.2) is 13.4 Å². The van der Waals surface area contributed by atoms with Crippen LogP contribution in [-0.2, 0) is 16.4 Å². The Morgan fingerprint density at radius 3 is 2.50 bits per heavy atom. The molecular formula is C19H19BrN2O2S2. The van der Waals surface area contributed by atoms with Crippen LogP contribution in [0.25, 0.3) is 0 Å². The smallest absolute Gasteiger partial charge is 0.263 e. The molecule has 1 aromatic carbocycles. The number of hydrogen-bond donors (Lipinski definition) is 0. The van der Waals surface area contributed by atoms with E-state index in [1.807, 2.05) is 48.9 Å². The van der Waals surface area contributed by atoms with E-state index < -0.39 is 10.0 Å². The summed E-state index contributed by atoms with van der Waals surface area (Å²) < 4.78 is 28.7. The van der Waals surface area contributed by atoms with Crippen LogP contribution in [0.3, 0.4) is 0 Å². The zero-order valence-corrected chi connectivity index (χ0v) is 17.7. The van der Waals surface area contributed by atoms with Crippen molar-refractivity contribution in [3.63, 3.8) is 0 Å². The van der Waals surface area contributed by atoms with Crippen molar-refractivity contribution in [2.45, 2.75) is 25.2 Å². The van der Waals surface area contributed by atoms with E-state index in [1.165, 1.54) is 4.31 Å². The molecule has 7 heteroatoms. The lowest BCUT2D eigenvalue weighted by Crippen LogP contribution is -2.33. The predicted molar refractivity (Wildman–Crippen MR) is 110 cm³/mol. The quantitative estimate of drug-likeness (QED) is 0.498. The van der Waals surface area contributed by atoms with Gasteiger partial charge in [-0.1, -0.05) is 17.7 Å². The molecule has 4 nitrogen and oxygen atoms in total. The van der Waals surface area contributed by atoms with Crippen molar-refractivity contribution < 1.29 is 8.42 Å². The molecule has 0 fully saturated rings. The number of benzene rings is 1. The molecule has 0 unspecified atom stereocenters. The predicted octanol–water partition coefficient (Wildman–Crippen LogP) is 4.96. The third-order valence-electron chi connectivity index (χ3n) is 4.02. The molecule has 2 heterocycles. The van der Waals surface area contributed by atoms with Crippen molar-refractivity contribution in [3.8, 4) is 0 Å². The van der Waals surface area contributed by atoms with Gasteiger partial charge in [-0.2, -0.15) is 11.3 Å². The van der Waals surface area contributed by atoms with Gasteiger partial charge in [-0.3, -0.25) is 4.31 Å². The molecule has 26 heavy (non-hydrogen) atoms. The molecule has 0 saturated heterocycles. The molecule has 0 bridgehead atoms. The Morgan fingerprint density at radius 1 is 1.12 bits per heavy atom. The maximum absolute atomic E-state index is 13.3. The maximum atomic E-state index is 13.3. The van der Waals surface area contributed by atoms with Crippen LogP contribution in [0.15, 0.2) is 62.9 Å². The van der Waals surface area contributed by atoms with Crippen molar-refractivity contribution in [1.29, 1.82) is 0 Å². The molecule has 0 saturated carbocycles. The molecule has 136 valence electrons. The van der Waals surface area contributed by atoms with Crippen molar-refractivity contribution >= 4 is 43.0 Å². The second-order valence-corrected chi connectivity index (χ2v) is 9.49. The van der Waals surface area contributed by atoms with Gasteiger partial charge in [0.05, 0.1) is 10.6 Å². The minimum Gasteiger partial charge on any atom is -0.263 e. The zero-order valence-electron chi connectivity index (χ0n) is 14.5. The average molecular weight is 451 g/mol. The molecule has 0 radical (unpaired) electrons. The number of rotatable bonds is 6. The molecule has 0 atom stereocenters. The fourth-order valence-corrected chi connectivity index (χ4v) is 5.30. The van der Waals surface area contributed by atoms with Gasteiger partial charge in [-0.15, -0.1) is 0 Å². The summed E-state index contributed by atoms with van der Waals surface area (Å²) in [6.45, 7) is 4.18. The summed E-state index contributed by atoms with van der Waals surface area (Å²) in [5, 5.41) is 4.04. The summed E-state index contributed by atoms with van der Waals surface area (Å²) in [4.78, 5) is 4.56. The summed E-state index contributed by atoms with van der Waals surface area (Å²) in [5.41, 5.74) is 3.60. The zero-order chi connectivity index (χ0) is 18.7. The minimum absolute atomic E-state index is 0.279. The summed E-state index contributed by atoms with van der Waals surface area (Å²) in [5.74, 6) is 0. The van der Waals surface area contributed by atoms with E-state index in [9.17, 15) is 8.42 Å². The third kappa shape index (κ3) is 4.16.